The summed E-state index contributed by atoms with van der Waals surface area (Å²) in [6.45, 7) is 0.126. The lowest BCUT2D eigenvalue weighted by atomic mass is 10.1. The van der Waals surface area contributed by atoms with Gasteiger partial charge in [-0.05, 0) is 53.6 Å². The molecular formula is C24H19ClFN3O3. The number of amides is 3. The first-order chi connectivity index (χ1) is 15.4. The van der Waals surface area contributed by atoms with Crippen LogP contribution in [0.2, 0.25) is 5.02 Å². The maximum atomic E-state index is 13.3. The number of anilines is 1. The van der Waals surface area contributed by atoms with Gasteiger partial charge < -0.3 is 4.90 Å². The third-order valence-corrected chi connectivity index (χ3v) is 5.50. The van der Waals surface area contributed by atoms with Crippen LogP contribution in [0.3, 0.4) is 0 Å². The highest BCUT2D eigenvalue weighted by Gasteiger charge is 2.44. The molecule has 162 valence electrons. The van der Waals surface area contributed by atoms with Gasteiger partial charge in [-0.15, -0.1) is 0 Å². The van der Waals surface area contributed by atoms with Gasteiger partial charge >= 0.3 is 0 Å². The summed E-state index contributed by atoms with van der Waals surface area (Å²) in [6.07, 6.45) is 3.13. The van der Waals surface area contributed by atoms with Gasteiger partial charge in [0.2, 0.25) is 11.8 Å². The van der Waals surface area contributed by atoms with Crippen molar-refractivity contribution in [2.45, 2.75) is 25.4 Å². The number of aromatic nitrogens is 1. The second-order valence-corrected chi connectivity index (χ2v) is 7.89. The molecule has 1 aliphatic heterocycles. The molecule has 3 amide bonds. The summed E-state index contributed by atoms with van der Waals surface area (Å²) in [5.74, 6) is -1.74. The van der Waals surface area contributed by atoms with Crippen molar-refractivity contribution in [1.29, 1.82) is 0 Å². The highest BCUT2D eigenvalue weighted by atomic mass is 35.5. The molecule has 1 aliphatic rings. The molecule has 6 nitrogen and oxygen atoms in total. The molecule has 0 N–H and O–H groups in total. The smallest absolute Gasteiger partial charge is 0.257 e. The Bertz CT molecular complexity index is 1140. The minimum absolute atomic E-state index is 0.0476. The van der Waals surface area contributed by atoms with E-state index in [-0.39, 0.29) is 31.0 Å². The molecule has 1 atom stereocenters. The summed E-state index contributed by atoms with van der Waals surface area (Å²) in [4.78, 5) is 45.7. The predicted octanol–water partition coefficient (Wildman–Crippen LogP) is 3.78. The van der Waals surface area contributed by atoms with Crippen molar-refractivity contribution in [2.75, 3.05) is 4.90 Å². The SMILES string of the molecule is O=C1CC(N(Cc2cccnc2)C(=O)Cc2ccc(Cl)cc2)C(=O)N1c1ccc(F)cc1. The number of hydrogen-bond donors (Lipinski definition) is 0. The highest BCUT2D eigenvalue weighted by molar-refractivity contribution is 6.30. The van der Waals surface area contributed by atoms with E-state index in [1.807, 2.05) is 0 Å². The summed E-state index contributed by atoms with van der Waals surface area (Å²) in [6, 6.07) is 14.6. The molecule has 3 aromatic rings. The van der Waals surface area contributed by atoms with Gasteiger partial charge in [0.05, 0.1) is 18.5 Å². The molecule has 4 rings (SSSR count). The standard InChI is InChI=1S/C24H19ClFN3O3/c25-18-5-3-16(4-6-18)12-22(30)28(15-17-2-1-11-27-14-17)21-13-23(31)29(24(21)32)20-9-7-19(26)8-10-20/h1-11,14,21H,12-13,15H2. The van der Waals surface area contributed by atoms with E-state index in [0.717, 1.165) is 16.0 Å². The molecule has 0 radical (unpaired) electrons. The molecule has 1 fully saturated rings. The Morgan fingerprint density at radius 2 is 1.78 bits per heavy atom. The van der Waals surface area contributed by atoms with E-state index in [9.17, 15) is 18.8 Å². The zero-order chi connectivity index (χ0) is 22.7. The van der Waals surface area contributed by atoms with Crippen molar-refractivity contribution in [2.24, 2.45) is 0 Å². The fourth-order valence-corrected chi connectivity index (χ4v) is 3.79. The lowest BCUT2D eigenvalue weighted by molar-refractivity contribution is -0.138. The number of nitrogens with zero attached hydrogens (tertiary/aromatic N) is 3. The van der Waals surface area contributed by atoms with Crippen molar-refractivity contribution in [1.82, 2.24) is 9.88 Å². The summed E-state index contributed by atoms with van der Waals surface area (Å²) in [5, 5.41) is 0.555. The van der Waals surface area contributed by atoms with Crippen LogP contribution in [0.15, 0.2) is 73.1 Å². The first kappa shape index (κ1) is 21.6. The fraction of sp³-hybridized carbons (Fsp3) is 0.167. The van der Waals surface area contributed by atoms with Gasteiger partial charge in [0, 0.05) is 24.0 Å². The average Bonchev–Trinajstić information content (AvgIpc) is 3.08. The van der Waals surface area contributed by atoms with Crippen molar-refractivity contribution in [3.63, 3.8) is 0 Å². The second kappa shape index (κ2) is 9.28. The number of benzene rings is 2. The largest absolute Gasteiger partial charge is 0.325 e. The molecule has 0 saturated carbocycles. The van der Waals surface area contributed by atoms with E-state index in [1.165, 1.54) is 29.2 Å². The lowest BCUT2D eigenvalue weighted by Crippen LogP contribution is -2.45. The molecule has 0 bridgehead atoms. The van der Waals surface area contributed by atoms with Crippen LogP contribution < -0.4 is 4.90 Å². The van der Waals surface area contributed by atoms with E-state index in [2.05, 4.69) is 4.98 Å². The van der Waals surface area contributed by atoms with Crippen molar-refractivity contribution >= 4 is 35.0 Å². The van der Waals surface area contributed by atoms with E-state index in [4.69, 9.17) is 11.6 Å². The van der Waals surface area contributed by atoms with Gasteiger partial charge in [-0.1, -0.05) is 29.8 Å². The molecule has 2 heterocycles. The molecule has 1 saturated heterocycles. The first-order valence-corrected chi connectivity index (χ1v) is 10.4. The summed E-state index contributed by atoms with van der Waals surface area (Å²) < 4.78 is 13.3. The Hall–Kier alpha value is -3.58. The Labute approximate surface area is 189 Å². The fourth-order valence-electron chi connectivity index (χ4n) is 3.66. The summed E-state index contributed by atoms with van der Waals surface area (Å²) >= 11 is 5.93. The number of hydrogen-bond acceptors (Lipinski definition) is 4. The minimum Gasteiger partial charge on any atom is -0.325 e. The Morgan fingerprint density at radius 3 is 2.44 bits per heavy atom. The third kappa shape index (κ3) is 4.68. The number of rotatable bonds is 6. The lowest BCUT2D eigenvalue weighted by Gasteiger charge is -2.28. The van der Waals surface area contributed by atoms with Crippen LogP contribution in [0, 0.1) is 5.82 Å². The topological polar surface area (TPSA) is 70.6 Å². The Balaban J connectivity index is 1.62. The first-order valence-electron chi connectivity index (χ1n) is 9.97. The number of pyridine rings is 1. The van der Waals surface area contributed by atoms with Crippen molar-refractivity contribution < 1.29 is 18.8 Å². The molecule has 0 aliphatic carbocycles. The van der Waals surface area contributed by atoms with E-state index in [0.29, 0.717) is 5.02 Å². The van der Waals surface area contributed by atoms with Gasteiger partial charge in [0.15, 0.2) is 0 Å². The van der Waals surface area contributed by atoms with Gasteiger partial charge in [0.1, 0.15) is 11.9 Å². The maximum Gasteiger partial charge on any atom is 0.257 e. The van der Waals surface area contributed by atoms with Crippen LogP contribution in [-0.4, -0.2) is 33.6 Å². The third-order valence-electron chi connectivity index (χ3n) is 5.25. The Kier molecular flexibility index (Phi) is 6.28. The molecule has 1 unspecified atom stereocenters. The Morgan fingerprint density at radius 1 is 1.06 bits per heavy atom. The van der Waals surface area contributed by atoms with Gasteiger partial charge in [-0.25, -0.2) is 9.29 Å². The van der Waals surface area contributed by atoms with E-state index >= 15 is 0 Å². The van der Waals surface area contributed by atoms with Crippen molar-refractivity contribution in [3.8, 4) is 0 Å². The molecule has 32 heavy (non-hydrogen) atoms. The zero-order valence-corrected chi connectivity index (χ0v) is 17.7. The predicted molar refractivity (Wildman–Crippen MR) is 117 cm³/mol. The normalized spacial score (nSPS) is 15.8. The monoisotopic (exact) mass is 451 g/mol. The maximum absolute atomic E-state index is 13.3. The van der Waals surface area contributed by atoms with E-state index < -0.39 is 23.7 Å². The zero-order valence-electron chi connectivity index (χ0n) is 16.9. The van der Waals surface area contributed by atoms with Crippen LogP contribution in [-0.2, 0) is 27.3 Å². The van der Waals surface area contributed by atoms with Crippen molar-refractivity contribution in [3.05, 3.63) is 95.0 Å². The van der Waals surface area contributed by atoms with Crippen LogP contribution in [0.5, 0.6) is 0 Å². The van der Waals surface area contributed by atoms with Gasteiger partial charge in [-0.2, -0.15) is 0 Å². The molecule has 1 aromatic heterocycles. The van der Waals surface area contributed by atoms with Crippen LogP contribution in [0.25, 0.3) is 0 Å². The van der Waals surface area contributed by atoms with Gasteiger partial charge in [-0.3, -0.25) is 19.4 Å². The van der Waals surface area contributed by atoms with Gasteiger partial charge in [0.25, 0.3) is 5.91 Å². The number of carbonyl (C=O) groups is 3. The quantitative estimate of drug-likeness (QED) is 0.535. The minimum atomic E-state index is -0.965. The summed E-state index contributed by atoms with van der Waals surface area (Å²) in [5.41, 5.74) is 1.75. The number of imide groups is 1. The van der Waals surface area contributed by atoms with Crippen LogP contribution in [0.1, 0.15) is 17.5 Å². The van der Waals surface area contributed by atoms with Crippen LogP contribution in [0.4, 0.5) is 10.1 Å². The molecule has 0 spiro atoms. The highest BCUT2D eigenvalue weighted by Crippen LogP contribution is 2.27. The average molecular weight is 452 g/mol. The number of carbonyl (C=O) groups excluding carboxylic acids is 3. The summed E-state index contributed by atoms with van der Waals surface area (Å²) in [7, 11) is 0. The second-order valence-electron chi connectivity index (χ2n) is 7.45. The molecule has 8 heteroatoms. The van der Waals surface area contributed by atoms with Crippen LogP contribution >= 0.6 is 11.6 Å². The number of halogens is 2. The molecule has 2 aromatic carbocycles. The molecular weight excluding hydrogens is 433 g/mol. The van der Waals surface area contributed by atoms with E-state index in [1.54, 1.807) is 48.8 Å².